The number of likely N-dealkylation sites (N-methyl/N-ethyl adjacent to an activating group) is 1. The lowest BCUT2D eigenvalue weighted by molar-refractivity contribution is -0.132. The minimum absolute atomic E-state index is 0.0232. The summed E-state index contributed by atoms with van der Waals surface area (Å²) in [5.41, 5.74) is 2.05. The lowest BCUT2D eigenvalue weighted by Gasteiger charge is -2.15. The van der Waals surface area contributed by atoms with Crippen LogP contribution >= 0.6 is 0 Å². The molecule has 0 bridgehead atoms. The number of rotatable bonds is 12. The van der Waals surface area contributed by atoms with Gasteiger partial charge in [-0.1, -0.05) is 24.3 Å². The molecule has 166 valence electrons. The van der Waals surface area contributed by atoms with Crippen LogP contribution in [0, 0.1) is 0 Å². The number of aliphatic hydroxyl groups is 2. The number of amides is 2. The van der Waals surface area contributed by atoms with E-state index in [0.29, 0.717) is 19.0 Å². The van der Waals surface area contributed by atoms with Gasteiger partial charge in [0.25, 0.3) is 5.91 Å². The number of Topliss-reactive ketones (excluding diaryl/α,β-unsaturated/α-hetero) is 1. The minimum atomic E-state index is -1.45. The Labute approximate surface area is 180 Å². The largest absolute Gasteiger partial charge is 0.491 e. The van der Waals surface area contributed by atoms with Gasteiger partial charge in [0, 0.05) is 12.6 Å². The number of ketones is 1. The van der Waals surface area contributed by atoms with Gasteiger partial charge in [0.1, 0.15) is 19.0 Å². The molecule has 0 aromatic heterocycles. The Hall–Kier alpha value is -3.27. The molecule has 0 radical (unpaired) electrons. The van der Waals surface area contributed by atoms with Crippen LogP contribution in [0.2, 0.25) is 0 Å². The molecule has 2 amide bonds. The fourth-order valence-electron chi connectivity index (χ4n) is 2.69. The van der Waals surface area contributed by atoms with E-state index < -0.39 is 30.2 Å². The summed E-state index contributed by atoms with van der Waals surface area (Å²) >= 11 is 0. The monoisotopic (exact) mass is 430 g/mol. The molecular formula is C22H26N2O7. The van der Waals surface area contributed by atoms with E-state index in [1.807, 2.05) is 24.3 Å². The van der Waals surface area contributed by atoms with Crippen LogP contribution in [0.15, 0.2) is 48.5 Å². The van der Waals surface area contributed by atoms with Crippen molar-refractivity contribution in [1.29, 1.82) is 0 Å². The second-order valence-corrected chi connectivity index (χ2v) is 6.43. The van der Waals surface area contributed by atoms with Gasteiger partial charge in [0.15, 0.2) is 11.8 Å². The molecular weight excluding hydrogens is 404 g/mol. The Balaban J connectivity index is 1.98. The van der Waals surface area contributed by atoms with E-state index in [-0.39, 0.29) is 18.8 Å². The summed E-state index contributed by atoms with van der Waals surface area (Å²) in [7, 11) is 1.34. The number of aliphatic hydroxyl groups excluding tert-OH is 2. The van der Waals surface area contributed by atoms with Gasteiger partial charge in [-0.25, -0.2) is 0 Å². The molecule has 2 rings (SSSR count). The van der Waals surface area contributed by atoms with Crippen LogP contribution in [0.1, 0.15) is 10.4 Å². The zero-order valence-corrected chi connectivity index (χ0v) is 17.2. The van der Waals surface area contributed by atoms with Crippen LogP contribution in [0.5, 0.6) is 5.75 Å². The molecule has 0 heterocycles. The van der Waals surface area contributed by atoms with E-state index in [2.05, 4.69) is 10.6 Å². The van der Waals surface area contributed by atoms with Crippen molar-refractivity contribution in [1.82, 2.24) is 10.6 Å². The first-order chi connectivity index (χ1) is 15.0. The van der Waals surface area contributed by atoms with Crippen LogP contribution in [-0.2, 0) is 14.3 Å². The molecule has 2 aromatic rings. The average molecular weight is 430 g/mol. The first-order valence-corrected chi connectivity index (χ1v) is 9.68. The van der Waals surface area contributed by atoms with Crippen molar-refractivity contribution in [3.05, 3.63) is 54.1 Å². The van der Waals surface area contributed by atoms with E-state index in [0.717, 1.165) is 11.1 Å². The number of carbonyl (C=O) groups is 3. The van der Waals surface area contributed by atoms with Crippen molar-refractivity contribution in [3.63, 3.8) is 0 Å². The van der Waals surface area contributed by atoms with Crippen molar-refractivity contribution in [3.8, 4) is 16.9 Å². The normalized spacial score (nSPS) is 11.5. The summed E-state index contributed by atoms with van der Waals surface area (Å²) in [6, 6.07) is 12.6. The SMILES string of the molecule is CNC(=O)C(NC(=O)c1ccc(-c2ccc(OCCOCCO)cc2)cc1)C(=O)CO. The van der Waals surface area contributed by atoms with Crippen LogP contribution in [-0.4, -0.2) is 73.9 Å². The van der Waals surface area contributed by atoms with Gasteiger partial charge in [0.2, 0.25) is 5.91 Å². The maximum absolute atomic E-state index is 12.4. The number of carbonyl (C=O) groups excluding carboxylic acids is 3. The smallest absolute Gasteiger partial charge is 0.252 e. The molecule has 0 aliphatic carbocycles. The summed E-state index contributed by atoms with van der Waals surface area (Å²) < 4.78 is 10.7. The summed E-state index contributed by atoms with van der Waals surface area (Å²) in [5.74, 6) is -1.42. The summed E-state index contributed by atoms with van der Waals surface area (Å²) in [6.07, 6.45) is 0. The van der Waals surface area contributed by atoms with Gasteiger partial charge in [-0.3, -0.25) is 14.4 Å². The standard InChI is InChI=1S/C22H26N2O7/c1-23-22(29)20(19(27)14-26)24-21(28)17-4-2-15(3-5-17)16-6-8-18(9-7-16)31-13-12-30-11-10-25/h2-9,20,25-26H,10-14H2,1H3,(H,23,29)(H,24,28). The molecule has 9 nitrogen and oxygen atoms in total. The highest BCUT2D eigenvalue weighted by molar-refractivity contribution is 6.10. The number of hydrogen-bond acceptors (Lipinski definition) is 7. The number of hydrogen-bond donors (Lipinski definition) is 4. The zero-order valence-electron chi connectivity index (χ0n) is 17.2. The molecule has 0 spiro atoms. The molecule has 1 atom stereocenters. The van der Waals surface area contributed by atoms with Crippen LogP contribution in [0.25, 0.3) is 11.1 Å². The highest BCUT2D eigenvalue weighted by atomic mass is 16.5. The van der Waals surface area contributed by atoms with E-state index in [4.69, 9.17) is 19.7 Å². The molecule has 2 aromatic carbocycles. The van der Waals surface area contributed by atoms with Crippen molar-refractivity contribution in [2.24, 2.45) is 0 Å². The Morgan fingerprint density at radius 3 is 2.06 bits per heavy atom. The molecule has 0 saturated carbocycles. The van der Waals surface area contributed by atoms with Crippen LogP contribution in [0.4, 0.5) is 0 Å². The van der Waals surface area contributed by atoms with Gasteiger partial charge in [-0.05, 0) is 35.4 Å². The van der Waals surface area contributed by atoms with E-state index >= 15 is 0 Å². The van der Waals surface area contributed by atoms with Gasteiger partial charge in [-0.15, -0.1) is 0 Å². The van der Waals surface area contributed by atoms with E-state index in [9.17, 15) is 14.4 Å². The van der Waals surface area contributed by atoms with Gasteiger partial charge in [-0.2, -0.15) is 0 Å². The second kappa shape index (κ2) is 12.4. The predicted molar refractivity (Wildman–Crippen MR) is 113 cm³/mol. The molecule has 0 aliphatic heterocycles. The van der Waals surface area contributed by atoms with E-state index in [1.54, 1.807) is 24.3 Å². The molecule has 0 saturated heterocycles. The highest BCUT2D eigenvalue weighted by Gasteiger charge is 2.27. The third-order valence-corrected chi connectivity index (χ3v) is 4.33. The third kappa shape index (κ3) is 7.18. The maximum Gasteiger partial charge on any atom is 0.252 e. The minimum Gasteiger partial charge on any atom is -0.491 e. The Morgan fingerprint density at radius 1 is 0.903 bits per heavy atom. The maximum atomic E-state index is 12.4. The Morgan fingerprint density at radius 2 is 1.52 bits per heavy atom. The quantitative estimate of drug-likeness (QED) is 0.278. The predicted octanol–water partition coefficient (Wildman–Crippen LogP) is 0.147. The van der Waals surface area contributed by atoms with E-state index in [1.165, 1.54) is 7.05 Å². The van der Waals surface area contributed by atoms with Crippen molar-refractivity contribution in [2.45, 2.75) is 6.04 Å². The van der Waals surface area contributed by atoms with Gasteiger partial charge in [0.05, 0.1) is 19.8 Å². The highest BCUT2D eigenvalue weighted by Crippen LogP contribution is 2.23. The van der Waals surface area contributed by atoms with Crippen molar-refractivity contribution >= 4 is 17.6 Å². The first kappa shape index (κ1) is 24.0. The average Bonchev–Trinajstić information content (AvgIpc) is 2.81. The molecule has 1 unspecified atom stereocenters. The summed E-state index contributed by atoms with van der Waals surface area (Å²) in [6.45, 7) is 0.160. The lowest BCUT2D eigenvalue weighted by atomic mass is 10.0. The number of ether oxygens (including phenoxy) is 2. The first-order valence-electron chi connectivity index (χ1n) is 9.68. The fourth-order valence-corrected chi connectivity index (χ4v) is 2.69. The lowest BCUT2D eigenvalue weighted by Crippen LogP contribution is -2.51. The topological polar surface area (TPSA) is 134 Å². The van der Waals surface area contributed by atoms with Gasteiger partial charge >= 0.3 is 0 Å². The van der Waals surface area contributed by atoms with Crippen LogP contribution in [0.3, 0.4) is 0 Å². The molecule has 4 N–H and O–H groups in total. The molecule has 0 aliphatic rings. The molecule has 31 heavy (non-hydrogen) atoms. The summed E-state index contributed by atoms with van der Waals surface area (Å²) in [5, 5.41) is 22.3. The zero-order chi connectivity index (χ0) is 22.6. The Bertz CT molecular complexity index is 850. The van der Waals surface area contributed by atoms with Crippen LogP contribution < -0.4 is 15.4 Å². The fraction of sp³-hybridized carbons (Fsp3) is 0.318. The molecule has 9 heteroatoms. The third-order valence-electron chi connectivity index (χ3n) is 4.33. The Kier molecular flexibility index (Phi) is 9.63. The number of benzene rings is 2. The molecule has 0 fully saturated rings. The van der Waals surface area contributed by atoms with Crippen molar-refractivity contribution in [2.75, 3.05) is 40.1 Å². The second-order valence-electron chi connectivity index (χ2n) is 6.43. The number of nitrogens with one attached hydrogen (secondary N) is 2. The van der Waals surface area contributed by atoms with Crippen molar-refractivity contribution < 1.29 is 34.1 Å². The van der Waals surface area contributed by atoms with Gasteiger partial charge < -0.3 is 30.3 Å². The summed E-state index contributed by atoms with van der Waals surface area (Å²) in [4.78, 5) is 35.9.